The van der Waals surface area contributed by atoms with Crippen LogP contribution in [0, 0.1) is 11.3 Å². The van der Waals surface area contributed by atoms with Crippen LogP contribution in [0.2, 0.25) is 0 Å². The molecule has 0 aliphatic rings. The first-order chi connectivity index (χ1) is 8.27. The van der Waals surface area contributed by atoms with E-state index in [1.807, 2.05) is 0 Å². The van der Waals surface area contributed by atoms with Gasteiger partial charge in [-0.1, -0.05) is 20.8 Å². The Morgan fingerprint density at radius 1 is 1.22 bits per heavy atom. The van der Waals surface area contributed by atoms with E-state index in [1.54, 1.807) is 0 Å². The van der Waals surface area contributed by atoms with E-state index in [-0.39, 0.29) is 23.7 Å². The van der Waals surface area contributed by atoms with E-state index in [0.717, 1.165) is 6.42 Å². The quantitative estimate of drug-likeness (QED) is 0.613. The fourth-order valence-corrected chi connectivity index (χ4v) is 1.91. The van der Waals surface area contributed by atoms with Gasteiger partial charge in [0.15, 0.2) is 0 Å². The second-order valence-electron chi connectivity index (χ2n) is 5.67. The van der Waals surface area contributed by atoms with Gasteiger partial charge >= 0.3 is 5.97 Å². The number of carbonyl (C=O) groups is 2. The third-order valence-corrected chi connectivity index (χ3v) is 3.12. The van der Waals surface area contributed by atoms with E-state index in [2.05, 4.69) is 26.1 Å². The minimum absolute atomic E-state index is 0.0385. The lowest BCUT2D eigenvalue weighted by Gasteiger charge is -2.30. The molecule has 4 N–H and O–H groups in total. The van der Waals surface area contributed by atoms with Crippen molar-refractivity contribution >= 4 is 11.9 Å². The molecule has 0 aromatic rings. The second-order valence-corrected chi connectivity index (χ2v) is 5.67. The summed E-state index contributed by atoms with van der Waals surface area (Å²) in [5.74, 6) is -0.522. The van der Waals surface area contributed by atoms with Crippen molar-refractivity contribution in [3.8, 4) is 0 Å². The number of rotatable bonds is 8. The summed E-state index contributed by atoms with van der Waals surface area (Å²) in [5, 5.41) is 11.5. The van der Waals surface area contributed by atoms with E-state index >= 15 is 0 Å². The number of carbonyl (C=O) groups excluding carboxylic acids is 1. The highest BCUT2D eigenvalue weighted by Gasteiger charge is 2.24. The standard InChI is InChI=1S/C13H26N2O3/c1-13(2,3)10(4-5-12(17)18)7-9-15-11(16)6-8-14/h10H,4-9,14H2,1-3H3,(H,15,16)(H,17,18). The Bertz CT molecular complexity index is 272. The van der Waals surface area contributed by atoms with Gasteiger partial charge in [-0.15, -0.1) is 0 Å². The molecule has 0 saturated heterocycles. The number of nitrogens with one attached hydrogen (secondary N) is 1. The maximum atomic E-state index is 11.3. The Kier molecular flexibility index (Phi) is 7.59. The van der Waals surface area contributed by atoms with Crippen LogP contribution in [0.25, 0.3) is 0 Å². The average molecular weight is 258 g/mol. The summed E-state index contributed by atoms with van der Waals surface area (Å²) >= 11 is 0. The van der Waals surface area contributed by atoms with E-state index < -0.39 is 5.97 Å². The molecule has 0 saturated carbocycles. The van der Waals surface area contributed by atoms with Crippen molar-refractivity contribution in [3.63, 3.8) is 0 Å². The van der Waals surface area contributed by atoms with Crippen LogP contribution in [0.15, 0.2) is 0 Å². The van der Waals surface area contributed by atoms with Crippen LogP contribution >= 0.6 is 0 Å². The van der Waals surface area contributed by atoms with Gasteiger partial charge in [0.1, 0.15) is 0 Å². The van der Waals surface area contributed by atoms with Crippen molar-refractivity contribution in [2.45, 2.75) is 46.5 Å². The van der Waals surface area contributed by atoms with Crippen LogP contribution in [0.4, 0.5) is 0 Å². The van der Waals surface area contributed by atoms with Gasteiger partial charge in [-0.25, -0.2) is 0 Å². The number of carboxylic acid groups (broad SMARTS) is 1. The van der Waals surface area contributed by atoms with Crippen LogP contribution in [-0.4, -0.2) is 30.1 Å². The minimum atomic E-state index is -0.767. The molecule has 0 fully saturated rings. The van der Waals surface area contributed by atoms with E-state index in [9.17, 15) is 9.59 Å². The molecule has 1 amide bonds. The van der Waals surface area contributed by atoms with Gasteiger partial charge < -0.3 is 16.2 Å². The molecule has 1 atom stereocenters. The van der Waals surface area contributed by atoms with Gasteiger partial charge in [-0.2, -0.15) is 0 Å². The van der Waals surface area contributed by atoms with Crippen molar-refractivity contribution < 1.29 is 14.7 Å². The number of aliphatic carboxylic acids is 1. The summed E-state index contributed by atoms with van der Waals surface area (Å²) in [5.41, 5.74) is 5.33. The summed E-state index contributed by atoms with van der Waals surface area (Å²) in [4.78, 5) is 21.9. The number of amides is 1. The molecule has 0 spiro atoms. The van der Waals surface area contributed by atoms with E-state index in [4.69, 9.17) is 10.8 Å². The molecular weight excluding hydrogens is 232 g/mol. The number of carboxylic acids is 1. The predicted molar refractivity (Wildman–Crippen MR) is 71.1 cm³/mol. The SMILES string of the molecule is CC(C)(C)C(CCNC(=O)CCN)CCC(=O)O. The molecule has 0 bridgehead atoms. The van der Waals surface area contributed by atoms with Crippen molar-refractivity contribution in [1.82, 2.24) is 5.32 Å². The third kappa shape index (κ3) is 8.06. The first-order valence-corrected chi connectivity index (χ1v) is 6.46. The van der Waals surface area contributed by atoms with Gasteiger partial charge in [0, 0.05) is 25.9 Å². The zero-order valence-corrected chi connectivity index (χ0v) is 11.7. The Hall–Kier alpha value is -1.10. The predicted octanol–water partition coefficient (Wildman–Crippen LogP) is 1.37. The topological polar surface area (TPSA) is 92.4 Å². The molecule has 0 rings (SSSR count). The van der Waals surface area contributed by atoms with Crippen LogP contribution in [0.5, 0.6) is 0 Å². The number of hydrogen-bond acceptors (Lipinski definition) is 3. The molecule has 106 valence electrons. The maximum Gasteiger partial charge on any atom is 0.303 e. The molecule has 18 heavy (non-hydrogen) atoms. The zero-order chi connectivity index (χ0) is 14.2. The summed E-state index contributed by atoms with van der Waals surface area (Å²) in [6.45, 7) is 7.23. The lowest BCUT2D eigenvalue weighted by atomic mass is 9.76. The lowest BCUT2D eigenvalue weighted by Crippen LogP contribution is -2.30. The second kappa shape index (κ2) is 8.08. The van der Waals surface area contributed by atoms with Crippen molar-refractivity contribution in [2.24, 2.45) is 17.1 Å². The van der Waals surface area contributed by atoms with Gasteiger partial charge in [-0.05, 0) is 24.2 Å². The maximum absolute atomic E-state index is 11.3. The van der Waals surface area contributed by atoms with Crippen LogP contribution < -0.4 is 11.1 Å². The van der Waals surface area contributed by atoms with Crippen LogP contribution in [0.1, 0.15) is 46.5 Å². The lowest BCUT2D eigenvalue weighted by molar-refractivity contribution is -0.137. The first kappa shape index (κ1) is 16.9. The molecule has 0 aliphatic heterocycles. The largest absolute Gasteiger partial charge is 0.481 e. The molecule has 0 heterocycles. The van der Waals surface area contributed by atoms with E-state index in [0.29, 0.717) is 25.9 Å². The minimum Gasteiger partial charge on any atom is -0.481 e. The molecule has 0 aromatic carbocycles. The Morgan fingerprint density at radius 3 is 2.28 bits per heavy atom. The Morgan fingerprint density at radius 2 is 1.83 bits per heavy atom. The van der Waals surface area contributed by atoms with Crippen molar-refractivity contribution in [2.75, 3.05) is 13.1 Å². The molecule has 0 aliphatic carbocycles. The van der Waals surface area contributed by atoms with Gasteiger partial charge in [-0.3, -0.25) is 9.59 Å². The van der Waals surface area contributed by atoms with Crippen molar-refractivity contribution in [1.29, 1.82) is 0 Å². The van der Waals surface area contributed by atoms with Gasteiger partial charge in [0.25, 0.3) is 0 Å². The summed E-state index contributed by atoms with van der Waals surface area (Å²) in [6.07, 6.45) is 1.96. The molecule has 5 heteroatoms. The summed E-state index contributed by atoms with van der Waals surface area (Å²) in [7, 11) is 0. The Labute approximate surface area is 109 Å². The fourth-order valence-electron chi connectivity index (χ4n) is 1.91. The highest BCUT2D eigenvalue weighted by Crippen LogP contribution is 2.32. The highest BCUT2D eigenvalue weighted by molar-refractivity contribution is 5.75. The van der Waals surface area contributed by atoms with Crippen LogP contribution in [0.3, 0.4) is 0 Å². The van der Waals surface area contributed by atoms with E-state index in [1.165, 1.54) is 0 Å². The third-order valence-electron chi connectivity index (χ3n) is 3.12. The highest BCUT2D eigenvalue weighted by atomic mass is 16.4. The zero-order valence-electron chi connectivity index (χ0n) is 11.7. The van der Waals surface area contributed by atoms with Gasteiger partial charge in [0.05, 0.1) is 0 Å². The van der Waals surface area contributed by atoms with Gasteiger partial charge in [0.2, 0.25) is 5.91 Å². The first-order valence-electron chi connectivity index (χ1n) is 6.46. The molecular formula is C13H26N2O3. The summed E-state index contributed by atoms with van der Waals surface area (Å²) in [6, 6.07) is 0. The number of hydrogen-bond donors (Lipinski definition) is 3. The monoisotopic (exact) mass is 258 g/mol. The molecule has 1 unspecified atom stereocenters. The Balaban J connectivity index is 4.10. The van der Waals surface area contributed by atoms with Crippen LogP contribution in [-0.2, 0) is 9.59 Å². The average Bonchev–Trinajstić information content (AvgIpc) is 2.21. The fraction of sp³-hybridized carbons (Fsp3) is 0.846. The molecule has 0 radical (unpaired) electrons. The molecule has 0 aromatic heterocycles. The number of nitrogens with two attached hydrogens (primary N) is 1. The summed E-state index contributed by atoms with van der Waals surface area (Å²) < 4.78 is 0. The van der Waals surface area contributed by atoms with Crippen molar-refractivity contribution in [3.05, 3.63) is 0 Å². The normalized spacial score (nSPS) is 13.1. The smallest absolute Gasteiger partial charge is 0.303 e. The molecule has 5 nitrogen and oxygen atoms in total.